The maximum absolute atomic E-state index is 12.7. The molecule has 2 aromatic rings. The Morgan fingerprint density at radius 3 is 2.73 bits per heavy atom. The normalized spacial score (nSPS) is 10.0. The molecule has 0 saturated carbocycles. The third-order valence-corrected chi connectivity index (χ3v) is 2.86. The van der Waals surface area contributed by atoms with Crippen molar-refractivity contribution in [3.8, 4) is 5.75 Å². The maximum atomic E-state index is 12.7. The quantitative estimate of drug-likeness (QED) is 0.772. The lowest BCUT2D eigenvalue weighted by molar-refractivity contribution is 0.238. The van der Waals surface area contributed by atoms with Gasteiger partial charge in [-0.05, 0) is 42.3 Å². The highest BCUT2D eigenvalue weighted by atomic mass is 19.1. The molecule has 116 valence electrons. The lowest BCUT2D eigenvalue weighted by atomic mass is 10.3. The van der Waals surface area contributed by atoms with Gasteiger partial charge in [0.1, 0.15) is 11.6 Å². The van der Waals surface area contributed by atoms with Crippen molar-refractivity contribution in [3.05, 3.63) is 60.2 Å². The molecule has 0 radical (unpaired) electrons. The average Bonchev–Trinajstić information content (AvgIpc) is 2.55. The number of nitrogens with zero attached hydrogens (tertiary/aromatic N) is 1. The SMILES string of the molecule is O=C(NCCCOc1ccc(F)cc1)NCc1cccnc1. The number of carbonyl (C=O) groups is 1. The molecule has 1 aromatic heterocycles. The minimum Gasteiger partial charge on any atom is -0.494 e. The number of carbonyl (C=O) groups excluding carboxylic acids is 1. The van der Waals surface area contributed by atoms with Crippen molar-refractivity contribution < 1.29 is 13.9 Å². The van der Waals surface area contributed by atoms with Crippen molar-refractivity contribution in [3.63, 3.8) is 0 Å². The molecule has 0 unspecified atom stereocenters. The van der Waals surface area contributed by atoms with Crippen LogP contribution in [0, 0.1) is 5.82 Å². The summed E-state index contributed by atoms with van der Waals surface area (Å²) in [5.74, 6) is 0.321. The number of pyridine rings is 1. The molecule has 2 amide bonds. The van der Waals surface area contributed by atoms with Crippen LogP contribution < -0.4 is 15.4 Å². The molecule has 2 N–H and O–H groups in total. The minimum atomic E-state index is -0.292. The van der Waals surface area contributed by atoms with E-state index in [1.165, 1.54) is 12.1 Å². The molecule has 1 aromatic carbocycles. The second-order valence-electron chi connectivity index (χ2n) is 4.63. The topological polar surface area (TPSA) is 63.2 Å². The zero-order valence-corrected chi connectivity index (χ0v) is 12.1. The number of aromatic nitrogens is 1. The standard InChI is InChI=1S/C16H18FN3O2/c17-14-4-6-15(7-5-14)22-10-2-9-19-16(21)20-12-13-3-1-8-18-11-13/h1,3-8,11H,2,9-10,12H2,(H2,19,20,21). The van der Waals surface area contributed by atoms with Crippen molar-refractivity contribution in [1.82, 2.24) is 15.6 Å². The molecule has 0 aliphatic heterocycles. The second-order valence-corrected chi connectivity index (χ2v) is 4.63. The van der Waals surface area contributed by atoms with E-state index in [2.05, 4.69) is 15.6 Å². The molecule has 6 heteroatoms. The molecular weight excluding hydrogens is 285 g/mol. The lowest BCUT2D eigenvalue weighted by Crippen LogP contribution is -2.36. The van der Waals surface area contributed by atoms with Crippen molar-refractivity contribution in [2.45, 2.75) is 13.0 Å². The van der Waals surface area contributed by atoms with Gasteiger partial charge in [0, 0.05) is 25.5 Å². The molecular formula is C16H18FN3O2. The average molecular weight is 303 g/mol. The van der Waals surface area contributed by atoms with Crippen LogP contribution in [0.2, 0.25) is 0 Å². The predicted molar refractivity (Wildman–Crippen MR) is 81.0 cm³/mol. The smallest absolute Gasteiger partial charge is 0.315 e. The Balaban J connectivity index is 1.54. The van der Waals surface area contributed by atoms with Gasteiger partial charge in [0.15, 0.2) is 0 Å². The fraction of sp³-hybridized carbons (Fsp3) is 0.250. The van der Waals surface area contributed by atoms with Gasteiger partial charge in [0.25, 0.3) is 0 Å². The number of ether oxygens (including phenoxy) is 1. The Bertz CT molecular complexity index is 576. The van der Waals surface area contributed by atoms with Crippen LogP contribution in [0.25, 0.3) is 0 Å². The highest BCUT2D eigenvalue weighted by molar-refractivity contribution is 5.73. The van der Waals surface area contributed by atoms with Crippen molar-refractivity contribution in [2.75, 3.05) is 13.2 Å². The van der Waals surface area contributed by atoms with E-state index in [1.54, 1.807) is 24.5 Å². The first-order valence-electron chi connectivity index (χ1n) is 7.03. The fourth-order valence-corrected chi connectivity index (χ4v) is 1.74. The van der Waals surface area contributed by atoms with Crippen LogP contribution in [-0.4, -0.2) is 24.2 Å². The zero-order chi connectivity index (χ0) is 15.6. The lowest BCUT2D eigenvalue weighted by Gasteiger charge is -2.08. The van der Waals surface area contributed by atoms with Crippen molar-refractivity contribution in [2.24, 2.45) is 0 Å². The molecule has 0 saturated heterocycles. The van der Waals surface area contributed by atoms with E-state index in [9.17, 15) is 9.18 Å². The number of urea groups is 1. The Hall–Kier alpha value is -2.63. The number of rotatable bonds is 7. The van der Waals surface area contributed by atoms with Gasteiger partial charge in [0.2, 0.25) is 0 Å². The predicted octanol–water partition coefficient (Wildman–Crippen LogP) is 2.49. The third-order valence-electron chi connectivity index (χ3n) is 2.86. The fourth-order valence-electron chi connectivity index (χ4n) is 1.74. The molecule has 22 heavy (non-hydrogen) atoms. The van der Waals surface area contributed by atoms with Crippen LogP contribution in [0.1, 0.15) is 12.0 Å². The summed E-state index contributed by atoms with van der Waals surface area (Å²) < 4.78 is 18.1. The summed E-state index contributed by atoms with van der Waals surface area (Å²) in [6, 6.07) is 9.32. The zero-order valence-electron chi connectivity index (χ0n) is 12.1. The molecule has 0 aliphatic rings. The minimum absolute atomic E-state index is 0.231. The van der Waals surface area contributed by atoms with Crippen molar-refractivity contribution in [1.29, 1.82) is 0 Å². The summed E-state index contributed by atoms with van der Waals surface area (Å²) >= 11 is 0. The number of halogens is 1. The summed E-state index contributed by atoms with van der Waals surface area (Å²) in [7, 11) is 0. The van der Waals surface area contributed by atoms with Crippen LogP contribution >= 0.6 is 0 Å². The first-order chi connectivity index (χ1) is 10.7. The highest BCUT2D eigenvalue weighted by Gasteiger charge is 2.00. The Morgan fingerprint density at radius 2 is 2.00 bits per heavy atom. The van der Waals surface area contributed by atoms with Gasteiger partial charge in [-0.1, -0.05) is 6.07 Å². The first kappa shape index (κ1) is 15.8. The summed E-state index contributed by atoms with van der Waals surface area (Å²) in [6.07, 6.45) is 4.05. The second kappa shape index (κ2) is 8.61. The Morgan fingerprint density at radius 1 is 1.18 bits per heavy atom. The van der Waals surface area contributed by atoms with Crippen LogP contribution in [0.3, 0.4) is 0 Å². The van der Waals surface area contributed by atoms with Gasteiger partial charge in [0.05, 0.1) is 6.61 Å². The molecule has 0 bridgehead atoms. The number of amides is 2. The third kappa shape index (κ3) is 5.78. The summed E-state index contributed by atoms with van der Waals surface area (Å²) in [4.78, 5) is 15.5. The van der Waals surface area contributed by atoms with Gasteiger partial charge < -0.3 is 15.4 Å². The number of nitrogens with one attached hydrogen (secondary N) is 2. The summed E-state index contributed by atoms with van der Waals surface area (Å²) in [5, 5.41) is 5.48. The van der Waals surface area contributed by atoms with Gasteiger partial charge in [-0.3, -0.25) is 4.98 Å². The van der Waals surface area contributed by atoms with Crippen LogP contribution in [-0.2, 0) is 6.54 Å². The molecule has 0 fully saturated rings. The Kier molecular flexibility index (Phi) is 6.17. The largest absolute Gasteiger partial charge is 0.494 e. The van der Waals surface area contributed by atoms with Gasteiger partial charge >= 0.3 is 6.03 Å². The van der Waals surface area contributed by atoms with Gasteiger partial charge in [-0.2, -0.15) is 0 Å². The van der Waals surface area contributed by atoms with E-state index in [0.29, 0.717) is 31.9 Å². The monoisotopic (exact) mass is 303 g/mol. The first-order valence-corrected chi connectivity index (χ1v) is 7.03. The van der Waals surface area contributed by atoms with Gasteiger partial charge in [-0.25, -0.2) is 9.18 Å². The molecule has 2 rings (SSSR count). The van der Waals surface area contributed by atoms with E-state index in [4.69, 9.17) is 4.74 Å². The maximum Gasteiger partial charge on any atom is 0.315 e. The number of benzene rings is 1. The highest BCUT2D eigenvalue weighted by Crippen LogP contribution is 2.10. The van der Waals surface area contributed by atoms with Crippen molar-refractivity contribution >= 4 is 6.03 Å². The van der Waals surface area contributed by atoms with E-state index in [0.717, 1.165) is 5.56 Å². The van der Waals surface area contributed by atoms with E-state index < -0.39 is 0 Å². The molecule has 0 atom stereocenters. The molecule has 0 spiro atoms. The number of hydrogen-bond acceptors (Lipinski definition) is 3. The van der Waals surface area contributed by atoms with E-state index >= 15 is 0 Å². The molecule has 5 nitrogen and oxygen atoms in total. The van der Waals surface area contributed by atoms with Crippen LogP contribution in [0.15, 0.2) is 48.8 Å². The summed E-state index contributed by atoms with van der Waals surface area (Å²) in [5.41, 5.74) is 0.942. The summed E-state index contributed by atoms with van der Waals surface area (Å²) in [6.45, 7) is 1.39. The van der Waals surface area contributed by atoms with Crippen LogP contribution in [0.5, 0.6) is 5.75 Å². The van der Waals surface area contributed by atoms with E-state index in [1.807, 2.05) is 12.1 Å². The van der Waals surface area contributed by atoms with Crippen LogP contribution in [0.4, 0.5) is 9.18 Å². The van der Waals surface area contributed by atoms with Gasteiger partial charge in [-0.15, -0.1) is 0 Å². The molecule has 1 heterocycles. The Labute approximate surface area is 128 Å². The number of hydrogen-bond donors (Lipinski definition) is 2. The van der Waals surface area contributed by atoms with E-state index in [-0.39, 0.29) is 11.8 Å². The molecule has 0 aliphatic carbocycles.